The summed E-state index contributed by atoms with van der Waals surface area (Å²) in [7, 11) is 4.24. The van der Waals surface area contributed by atoms with E-state index in [0.717, 1.165) is 39.4 Å². The van der Waals surface area contributed by atoms with Crippen molar-refractivity contribution in [3.05, 3.63) is 17.5 Å². The van der Waals surface area contributed by atoms with Crippen molar-refractivity contribution in [2.75, 3.05) is 39.9 Å². The summed E-state index contributed by atoms with van der Waals surface area (Å²) in [4.78, 5) is 5.04. The Hall–Kier alpha value is -0.910. The van der Waals surface area contributed by atoms with Crippen LogP contribution in [0.2, 0.25) is 0 Å². The number of hydrogen-bond acceptors (Lipinski definition) is 4. The molecule has 2 aliphatic heterocycles. The number of fused-ring (bicyclic) bond motifs is 3. The standard InChI is InChI=1S/C14H24N4O/c1-11-13(4-15-17(11)3)7-18-6-12-5-16(2)8-14(18)10-19-9-12/h4,12,14H,5-10H2,1-3H3/t12-,14-/m0/s1. The van der Waals surface area contributed by atoms with Gasteiger partial charge in [0.2, 0.25) is 0 Å². The highest BCUT2D eigenvalue weighted by molar-refractivity contribution is 5.16. The average molecular weight is 264 g/mol. The van der Waals surface area contributed by atoms with Crippen LogP contribution in [-0.2, 0) is 18.3 Å². The highest BCUT2D eigenvalue weighted by Gasteiger charge is 2.32. The van der Waals surface area contributed by atoms with Gasteiger partial charge in [-0.15, -0.1) is 0 Å². The Morgan fingerprint density at radius 1 is 1.26 bits per heavy atom. The van der Waals surface area contributed by atoms with E-state index < -0.39 is 0 Å². The van der Waals surface area contributed by atoms with Crippen LogP contribution >= 0.6 is 0 Å². The summed E-state index contributed by atoms with van der Waals surface area (Å²) in [5.74, 6) is 0.634. The molecule has 5 heteroatoms. The third-order valence-corrected chi connectivity index (χ3v) is 4.48. The smallest absolute Gasteiger partial charge is 0.0634 e. The first-order chi connectivity index (χ1) is 9.13. The van der Waals surface area contributed by atoms with Gasteiger partial charge in [-0.3, -0.25) is 9.58 Å². The van der Waals surface area contributed by atoms with Crippen LogP contribution < -0.4 is 0 Å². The summed E-state index contributed by atoms with van der Waals surface area (Å²) >= 11 is 0. The first-order valence-corrected chi connectivity index (χ1v) is 7.11. The summed E-state index contributed by atoms with van der Waals surface area (Å²) in [5.41, 5.74) is 2.62. The van der Waals surface area contributed by atoms with Crippen LogP contribution in [-0.4, -0.2) is 65.5 Å². The van der Waals surface area contributed by atoms with Crippen LogP contribution in [0.15, 0.2) is 6.20 Å². The molecule has 0 unspecified atom stereocenters. The molecular weight excluding hydrogens is 240 g/mol. The number of aromatic nitrogens is 2. The minimum absolute atomic E-state index is 0.511. The van der Waals surface area contributed by atoms with Crippen molar-refractivity contribution < 1.29 is 4.74 Å². The lowest BCUT2D eigenvalue weighted by Gasteiger charge is -2.29. The quantitative estimate of drug-likeness (QED) is 0.778. The van der Waals surface area contributed by atoms with E-state index in [2.05, 4.69) is 28.9 Å². The van der Waals surface area contributed by atoms with Gasteiger partial charge in [-0.05, 0) is 14.0 Å². The molecule has 0 aliphatic carbocycles. The molecule has 106 valence electrons. The van der Waals surface area contributed by atoms with Gasteiger partial charge in [-0.25, -0.2) is 0 Å². The van der Waals surface area contributed by atoms with Crippen molar-refractivity contribution in [3.63, 3.8) is 0 Å². The maximum absolute atomic E-state index is 5.82. The molecule has 2 atom stereocenters. The molecule has 0 saturated carbocycles. The first kappa shape index (κ1) is 13.1. The topological polar surface area (TPSA) is 33.5 Å². The average Bonchev–Trinajstić information content (AvgIpc) is 2.54. The molecule has 5 nitrogen and oxygen atoms in total. The lowest BCUT2D eigenvalue weighted by Crippen LogP contribution is -2.42. The zero-order valence-electron chi connectivity index (χ0n) is 12.2. The van der Waals surface area contributed by atoms with Gasteiger partial charge in [0.25, 0.3) is 0 Å². The number of nitrogens with zero attached hydrogens (tertiary/aromatic N) is 4. The van der Waals surface area contributed by atoms with Crippen molar-refractivity contribution >= 4 is 0 Å². The lowest BCUT2D eigenvalue weighted by atomic mass is 10.1. The Morgan fingerprint density at radius 2 is 2.11 bits per heavy atom. The molecule has 19 heavy (non-hydrogen) atoms. The Balaban J connectivity index is 1.78. The van der Waals surface area contributed by atoms with Crippen LogP contribution in [0.4, 0.5) is 0 Å². The van der Waals surface area contributed by atoms with Crippen LogP contribution in [0, 0.1) is 12.8 Å². The van der Waals surface area contributed by atoms with Crippen LogP contribution in [0.25, 0.3) is 0 Å². The predicted molar refractivity (Wildman–Crippen MR) is 73.9 cm³/mol. The number of rotatable bonds is 2. The maximum Gasteiger partial charge on any atom is 0.0634 e. The van der Waals surface area contributed by atoms with E-state index in [1.807, 2.05) is 17.9 Å². The molecule has 0 spiro atoms. The molecule has 3 heterocycles. The zero-order chi connectivity index (χ0) is 13.4. The second-order valence-corrected chi connectivity index (χ2v) is 6.09. The number of aryl methyl sites for hydroxylation is 1. The fourth-order valence-electron chi connectivity index (χ4n) is 3.28. The van der Waals surface area contributed by atoms with Gasteiger partial charge in [-0.1, -0.05) is 0 Å². The Morgan fingerprint density at radius 3 is 2.84 bits per heavy atom. The summed E-state index contributed by atoms with van der Waals surface area (Å²) in [5, 5.41) is 4.35. The minimum atomic E-state index is 0.511. The second kappa shape index (κ2) is 5.23. The van der Waals surface area contributed by atoms with Gasteiger partial charge in [-0.2, -0.15) is 5.10 Å². The lowest BCUT2D eigenvalue weighted by molar-refractivity contribution is 0.0561. The molecule has 3 rings (SSSR count). The van der Waals surface area contributed by atoms with Gasteiger partial charge < -0.3 is 9.64 Å². The van der Waals surface area contributed by atoms with E-state index in [-0.39, 0.29) is 0 Å². The van der Waals surface area contributed by atoms with Crippen molar-refractivity contribution in [1.82, 2.24) is 19.6 Å². The van der Waals surface area contributed by atoms with E-state index in [0.29, 0.717) is 12.0 Å². The normalized spacial score (nSPS) is 29.4. The van der Waals surface area contributed by atoms with E-state index in [9.17, 15) is 0 Å². The van der Waals surface area contributed by atoms with Gasteiger partial charge in [0.1, 0.15) is 0 Å². The fraction of sp³-hybridized carbons (Fsp3) is 0.786. The highest BCUT2D eigenvalue weighted by Crippen LogP contribution is 2.21. The molecule has 0 N–H and O–H groups in total. The van der Waals surface area contributed by atoms with Crippen molar-refractivity contribution in [2.45, 2.75) is 19.5 Å². The number of ether oxygens (including phenoxy) is 1. The predicted octanol–water partition coefficient (Wildman–Crippen LogP) is 0.491. The van der Waals surface area contributed by atoms with Gasteiger partial charge in [0.15, 0.2) is 0 Å². The Labute approximate surface area is 115 Å². The van der Waals surface area contributed by atoms with E-state index in [1.54, 1.807) is 0 Å². The molecule has 2 aliphatic rings. The molecule has 0 radical (unpaired) electrons. The second-order valence-electron chi connectivity index (χ2n) is 6.09. The molecule has 1 aromatic heterocycles. The summed E-state index contributed by atoms with van der Waals surface area (Å²) < 4.78 is 7.78. The number of likely N-dealkylation sites (N-methyl/N-ethyl adjacent to an activating group) is 1. The Kier molecular flexibility index (Phi) is 3.60. The number of hydrogen-bond donors (Lipinski definition) is 0. The van der Waals surface area contributed by atoms with Crippen molar-refractivity contribution in [1.29, 1.82) is 0 Å². The summed E-state index contributed by atoms with van der Waals surface area (Å²) in [6.45, 7) is 8.31. The monoisotopic (exact) mass is 264 g/mol. The van der Waals surface area contributed by atoms with Gasteiger partial charge in [0.05, 0.1) is 19.4 Å². The Bertz CT molecular complexity index is 445. The van der Waals surface area contributed by atoms with Crippen molar-refractivity contribution in [3.8, 4) is 0 Å². The summed E-state index contributed by atoms with van der Waals surface area (Å²) in [6.07, 6.45) is 2.01. The molecule has 1 aromatic rings. The maximum atomic E-state index is 5.82. The molecule has 2 fully saturated rings. The minimum Gasteiger partial charge on any atom is -0.379 e. The molecule has 0 amide bonds. The SMILES string of the molecule is Cc1c(CN2C[C@H]3COC[C@@H]2CN(C)C3)cnn1C. The third kappa shape index (κ3) is 2.68. The van der Waals surface area contributed by atoms with E-state index >= 15 is 0 Å². The van der Waals surface area contributed by atoms with Crippen LogP contribution in [0.3, 0.4) is 0 Å². The first-order valence-electron chi connectivity index (χ1n) is 7.11. The van der Waals surface area contributed by atoms with Crippen LogP contribution in [0.5, 0.6) is 0 Å². The largest absolute Gasteiger partial charge is 0.379 e. The van der Waals surface area contributed by atoms with E-state index in [4.69, 9.17) is 4.74 Å². The molecule has 0 aromatic carbocycles. The highest BCUT2D eigenvalue weighted by atomic mass is 16.5. The van der Waals surface area contributed by atoms with Crippen LogP contribution in [0.1, 0.15) is 11.3 Å². The third-order valence-electron chi connectivity index (χ3n) is 4.48. The fourth-order valence-corrected chi connectivity index (χ4v) is 3.28. The van der Waals surface area contributed by atoms with Crippen molar-refractivity contribution in [2.24, 2.45) is 13.0 Å². The zero-order valence-corrected chi connectivity index (χ0v) is 12.2. The molecular formula is C14H24N4O. The van der Waals surface area contributed by atoms with Gasteiger partial charge >= 0.3 is 0 Å². The van der Waals surface area contributed by atoms with Gasteiger partial charge in [0, 0.05) is 56.4 Å². The molecule has 2 bridgehead atoms. The summed E-state index contributed by atoms with van der Waals surface area (Å²) in [6, 6.07) is 0.511. The molecule has 2 saturated heterocycles. The van der Waals surface area contributed by atoms with E-state index in [1.165, 1.54) is 11.3 Å².